The van der Waals surface area contributed by atoms with E-state index in [-0.39, 0.29) is 17.9 Å². The number of hydrogen-bond donors (Lipinski definition) is 1. The first-order valence-electron chi connectivity index (χ1n) is 9.04. The van der Waals surface area contributed by atoms with Crippen LogP contribution in [0.3, 0.4) is 0 Å². The van der Waals surface area contributed by atoms with Crippen LogP contribution in [-0.4, -0.2) is 20.1 Å². The van der Waals surface area contributed by atoms with Crippen LogP contribution >= 0.6 is 0 Å². The number of carbonyl (C=O) groups is 1. The highest BCUT2D eigenvalue weighted by Gasteiger charge is 2.19. The van der Waals surface area contributed by atoms with Gasteiger partial charge in [0.2, 0.25) is 0 Å². The molecule has 0 heterocycles. The lowest BCUT2D eigenvalue weighted by Gasteiger charge is -2.20. The summed E-state index contributed by atoms with van der Waals surface area (Å²) in [6.07, 6.45) is 0.810. The molecule has 2 rings (SSSR count). The summed E-state index contributed by atoms with van der Waals surface area (Å²) in [6, 6.07) is 11.7. The first kappa shape index (κ1) is 19.8. The van der Waals surface area contributed by atoms with Gasteiger partial charge >= 0.3 is 0 Å². The molecular weight excluding hydrogens is 326 g/mol. The second-order valence-electron chi connectivity index (χ2n) is 6.77. The fourth-order valence-electron chi connectivity index (χ4n) is 3.06. The van der Waals surface area contributed by atoms with Crippen LogP contribution in [0.4, 0.5) is 0 Å². The van der Waals surface area contributed by atoms with E-state index in [0.717, 1.165) is 34.6 Å². The molecule has 0 aromatic heterocycles. The van der Waals surface area contributed by atoms with Crippen molar-refractivity contribution >= 4 is 5.91 Å². The molecule has 0 aliphatic rings. The predicted octanol–water partition coefficient (Wildman–Crippen LogP) is 5.02. The van der Waals surface area contributed by atoms with Crippen LogP contribution in [0.2, 0.25) is 0 Å². The van der Waals surface area contributed by atoms with Gasteiger partial charge in [-0.25, -0.2) is 0 Å². The van der Waals surface area contributed by atoms with Crippen molar-refractivity contribution < 1.29 is 14.3 Å². The third-order valence-electron chi connectivity index (χ3n) is 4.68. The number of aryl methyl sites for hydroxylation is 1. The molecule has 2 aromatic carbocycles. The van der Waals surface area contributed by atoms with E-state index in [1.54, 1.807) is 14.2 Å². The molecule has 0 radical (unpaired) electrons. The maximum Gasteiger partial charge on any atom is 0.252 e. The van der Waals surface area contributed by atoms with Crippen LogP contribution in [-0.2, 0) is 0 Å². The molecular formula is C22H29NO3. The zero-order valence-corrected chi connectivity index (χ0v) is 16.6. The molecule has 0 aliphatic carbocycles. The Balaban J connectivity index is 2.28. The molecule has 0 aliphatic heterocycles. The standard InChI is InChI=1S/C22H29NO3/c1-7-20(16-8-10-17(25-5)11-9-16)23-22(24)19-13-18(14(2)3)21(26-6)12-15(19)4/h8-14,20H,7H2,1-6H3,(H,23,24)/t20-/m1/s1. The monoisotopic (exact) mass is 355 g/mol. The molecule has 2 aromatic rings. The summed E-state index contributed by atoms with van der Waals surface area (Å²) < 4.78 is 10.7. The summed E-state index contributed by atoms with van der Waals surface area (Å²) in [7, 11) is 3.31. The Hall–Kier alpha value is -2.49. The van der Waals surface area contributed by atoms with Crippen molar-refractivity contribution in [3.05, 3.63) is 58.7 Å². The fraction of sp³-hybridized carbons (Fsp3) is 0.409. The van der Waals surface area contributed by atoms with Gasteiger partial charge in [0.05, 0.1) is 20.3 Å². The molecule has 0 saturated carbocycles. The molecule has 0 saturated heterocycles. The zero-order valence-electron chi connectivity index (χ0n) is 16.6. The third kappa shape index (κ3) is 4.37. The second kappa shape index (κ2) is 8.75. The topological polar surface area (TPSA) is 47.6 Å². The molecule has 1 atom stereocenters. The van der Waals surface area contributed by atoms with Gasteiger partial charge in [-0.1, -0.05) is 32.9 Å². The Labute approximate surface area is 156 Å². The van der Waals surface area contributed by atoms with Crippen LogP contribution in [0.1, 0.15) is 66.2 Å². The highest BCUT2D eigenvalue weighted by Crippen LogP contribution is 2.30. The van der Waals surface area contributed by atoms with Crippen molar-refractivity contribution in [1.82, 2.24) is 5.32 Å². The average Bonchev–Trinajstić information content (AvgIpc) is 2.65. The lowest BCUT2D eigenvalue weighted by molar-refractivity contribution is 0.0935. The molecule has 140 valence electrons. The highest BCUT2D eigenvalue weighted by atomic mass is 16.5. The molecule has 4 heteroatoms. The van der Waals surface area contributed by atoms with Crippen LogP contribution in [0, 0.1) is 6.92 Å². The van der Waals surface area contributed by atoms with Crippen molar-refractivity contribution in [3.8, 4) is 11.5 Å². The average molecular weight is 355 g/mol. The minimum atomic E-state index is -0.0604. The lowest BCUT2D eigenvalue weighted by atomic mass is 9.95. The van der Waals surface area contributed by atoms with Crippen molar-refractivity contribution in [2.24, 2.45) is 0 Å². The molecule has 0 fully saturated rings. The first-order chi connectivity index (χ1) is 12.4. The summed E-state index contributed by atoms with van der Waals surface area (Å²) in [4.78, 5) is 12.9. The maximum atomic E-state index is 12.9. The molecule has 0 spiro atoms. The minimum Gasteiger partial charge on any atom is -0.497 e. The maximum absolute atomic E-state index is 12.9. The van der Waals surface area contributed by atoms with Crippen LogP contribution in [0.25, 0.3) is 0 Å². The van der Waals surface area contributed by atoms with E-state index in [9.17, 15) is 4.79 Å². The van der Waals surface area contributed by atoms with E-state index in [4.69, 9.17) is 9.47 Å². The minimum absolute atomic E-state index is 0.0441. The number of benzene rings is 2. The third-order valence-corrected chi connectivity index (χ3v) is 4.68. The van der Waals surface area contributed by atoms with Gasteiger partial charge in [-0.3, -0.25) is 4.79 Å². The summed E-state index contributed by atoms with van der Waals surface area (Å²) in [5.41, 5.74) is 3.72. The number of carbonyl (C=O) groups excluding carboxylic acids is 1. The lowest BCUT2D eigenvalue weighted by Crippen LogP contribution is -2.29. The number of amides is 1. The van der Waals surface area contributed by atoms with Gasteiger partial charge in [0, 0.05) is 5.56 Å². The quantitative estimate of drug-likeness (QED) is 0.759. The predicted molar refractivity (Wildman–Crippen MR) is 105 cm³/mol. The fourth-order valence-corrected chi connectivity index (χ4v) is 3.06. The normalized spacial score (nSPS) is 12.0. The smallest absolute Gasteiger partial charge is 0.252 e. The van der Waals surface area contributed by atoms with Crippen LogP contribution < -0.4 is 14.8 Å². The van der Waals surface area contributed by atoms with Gasteiger partial charge < -0.3 is 14.8 Å². The van der Waals surface area contributed by atoms with Crippen molar-refractivity contribution in [1.29, 1.82) is 0 Å². The molecule has 4 nitrogen and oxygen atoms in total. The van der Waals surface area contributed by atoms with Gasteiger partial charge in [-0.15, -0.1) is 0 Å². The molecule has 26 heavy (non-hydrogen) atoms. The van der Waals surface area contributed by atoms with Crippen LogP contribution in [0.15, 0.2) is 36.4 Å². The van der Waals surface area contributed by atoms with Gasteiger partial charge in [-0.05, 0) is 60.2 Å². The number of nitrogens with one attached hydrogen (secondary N) is 1. The Kier molecular flexibility index (Phi) is 6.67. The van der Waals surface area contributed by atoms with E-state index >= 15 is 0 Å². The Morgan fingerprint density at radius 3 is 2.23 bits per heavy atom. The van der Waals surface area contributed by atoms with E-state index in [2.05, 4.69) is 26.1 Å². The van der Waals surface area contributed by atoms with E-state index in [0.29, 0.717) is 5.56 Å². The molecule has 0 bridgehead atoms. The van der Waals surface area contributed by atoms with Gasteiger partial charge in [0.25, 0.3) is 5.91 Å². The highest BCUT2D eigenvalue weighted by molar-refractivity contribution is 5.96. The molecule has 0 unspecified atom stereocenters. The first-order valence-corrected chi connectivity index (χ1v) is 9.04. The van der Waals surface area contributed by atoms with Crippen LogP contribution in [0.5, 0.6) is 11.5 Å². The van der Waals surface area contributed by atoms with E-state index < -0.39 is 0 Å². The number of ether oxygens (including phenoxy) is 2. The van der Waals surface area contributed by atoms with E-state index in [1.165, 1.54) is 0 Å². The number of hydrogen-bond acceptors (Lipinski definition) is 3. The Bertz CT molecular complexity index is 751. The molecule has 1 amide bonds. The number of rotatable bonds is 7. The van der Waals surface area contributed by atoms with E-state index in [1.807, 2.05) is 43.3 Å². The summed E-state index contributed by atoms with van der Waals surface area (Å²) >= 11 is 0. The van der Waals surface area contributed by atoms with Gasteiger partial charge in [0.15, 0.2) is 0 Å². The summed E-state index contributed by atoms with van der Waals surface area (Å²) in [5, 5.41) is 3.16. The zero-order chi connectivity index (χ0) is 19.3. The van der Waals surface area contributed by atoms with Crippen molar-refractivity contribution in [3.63, 3.8) is 0 Å². The SMILES string of the molecule is CC[C@@H](NC(=O)c1cc(C(C)C)c(OC)cc1C)c1ccc(OC)cc1. The largest absolute Gasteiger partial charge is 0.497 e. The summed E-state index contributed by atoms with van der Waals surface area (Å²) in [5.74, 6) is 1.86. The Morgan fingerprint density at radius 1 is 1.08 bits per heavy atom. The van der Waals surface area contributed by atoms with Gasteiger partial charge in [-0.2, -0.15) is 0 Å². The van der Waals surface area contributed by atoms with Gasteiger partial charge in [0.1, 0.15) is 11.5 Å². The second-order valence-corrected chi connectivity index (χ2v) is 6.77. The summed E-state index contributed by atoms with van der Waals surface area (Å²) in [6.45, 7) is 8.20. The van der Waals surface area contributed by atoms with Crippen molar-refractivity contribution in [2.75, 3.05) is 14.2 Å². The van der Waals surface area contributed by atoms with Crippen molar-refractivity contribution in [2.45, 2.75) is 46.1 Å². The molecule has 1 N–H and O–H groups in total. The number of methoxy groups -OCH3 is 2. The Morgan fingerprint density at radius 2 is 1.73 bits per heavy atom.